The molecule has 0 aliphatic carbocycles. The number of aliphatic carboxylic acids is 1. The molecule has 1 unspecified atom stereocenters. The number of rotatable bonds is 5. The van der Waals surface area contributed by atoms with Gasteiger partial charge in [-0.05, 0) is 32.4 Å². The monoisotopic (exact) mass is 286 g/mol. The van der Waals surface area contributed by atoms with Gasteiger partial charge in [-0.3, -0.25) is 0 Å². The Hall–Kier alpha value is -1.60. The van der Waals surface area contributed by atoms with Crippen LogP contribution in [-0.4, -0.2) is 34.9 Å². The fourth-order valence-corrected chi connectivity index (χ4v) is 2.76. The quantitative estimate of drug-likeness (QED) is 0.653. The van der Waals surface area contributed by atoms with Gasteiger partial charge in [0, 0.05) is 9.75 Å². The number of thiophene rings is 1. The van der Waals surface area contributed by atoms with E-state index in [-0.39, 0.29) is 6.04 Å². The maximum Gasteiger partial charge on any atom is 0.328 e. The number of urea groups is 1. The molecule has 0 radical (unpaired) electrons. The van der Waals surface area contributed by atoms with Gasteiger partial charge in [0.2, 0.25) is 0 Å². The summed E-state index contributed by atoms with van der Waals surface area (Å²) in [6.07, 6.45) is 0. The van der Waals surface area contributed by atoms with Crippen molar-refractivity contribution >= 4 is 23.3 Å². The fourth-order valence-electron chi connectivity index (χ4n) is 1.74. The Kier molecular flexibility index (Phi) is 5.31. The molecule has 19 heavy (non-hydrogen) atoms. The second-order valence-electron chi connectivity index (χ2n) is 4.28. The Morgan fingerprint density at radius 3 is 2.42 bits per heavy atom. The summed E-state index contributed by atoms with van der Waals surface area (Å²) in [7, 11) is 0. The van der Waals surface area contributed by atoms with E-state index in [2.05, 4.69) is 10.6 Å². The smallest absolute Gasteiger partial charge is 0.328 e. The molecule has 0 aliphatic rings. The van der Waals surface area contributed by atoms with Crippen molar-refractivity contribution in [3.8, 4) is 0 Å². The lowest BCUT2D eigenvalue weighted by Crippen LogP contribution is -2.48. The number of carboxylic acid groups (broad SMARTS) is 1. The highest BCUT2D eigenvalue weighted by atomic mass is 32.1. The summed E-state index contributed by atoms with van der Waals surface area (Å²) in [4.78, 5) is 24.6. The first kappa shape index (κ1) is 15.5. The zero-order valence-corrected chi connectivity index (χ0v) is 11.9. The predicted molar refractivity (Wildman–Crippen MR) is 72.4 cm³/mol. The summed E-state index contributed by atoms with van der Waals surface area (Å²) in [5.74, 6) is -1.27. The van der Waals surface area contributed by atoms with E-state index in [4.69, 9.17) is 10.2 Å². The predicted octanol–water partition coefficient (Wildman–Crippen LogP) is 1.17. The number of carbonyl (C=O) groups is 2. The zero-order chi connectivity index (χ0) is 14.6. The van der Waals surface area contributed by atoms with Crippen molar-refractivity contribution in [1.29, 1.82) is 0 Å². The standard InChI is InChI=1S/C12H18N2O4S/c1-6-4-9(8(3)19-6)7(2)13-12(18)14-10(5-15)11(16)17/h4,7,10,15H,5H2,1-3H3,(H,16,17)(H2,13,14,18)/t7?,10-/m1/s1. The average Bonchev–Trinajstić information content (AvgIpc) is 2.65. The summed E-state index contributed by atoms with van der Waals surface area (Å²) in [6, 6.07) is -0.140. The lowest BCUT2D eigenvalue weighted by Gasteiger charge is -2.17. The van der Waals surface area contributed by atoms with Crippen LogP contribution in [0.2, 0.25) is 0 Å². The number of nitrogens with one attached hydrogen (secondary N) is 2. The maximum atomic E-state index is 11.6. The SMILES string of the molecule is Cc1cc(C(C)NC(=O)N[C@H](CO)C(=O)O)c(C)s1. The number of aliphatic hydroxyl groups excluding tert-OH is 1. The first-order valence-corrected chi connectivity index (χ1v) is 6.64. The van der Waals surface area contributed by atoms with Gasteiger partial charge in [-0.25, -0.2) is 9.59 Å². The van der Waals surface area contributed by atoms with E-state index in [1.165, 1.54) is 0 Å². The molecule has 1 rings (SSSR count). The second kappa shape index (κ2) is 6.53. The minimum Gasteiger partial charge on any atom is -0.480 e. The number of aryl methyl sites for hydroxylation is 2. The summed E-state index contributed by atoms with van der Waals surface area (Å²) >= 11 is 1.64. The van der Waals surface area contributed by atoms with Gasteiger partial charge in [0.15, 0.2) is 6.04 Å². The van der Waals surface area contributed by atoms with Crippen LogP contribution in [0.4, 0.5) is 4.79 Å². The van der Waals surface area contributed by atoms with Crippen molar-refractivity contribution in [2.75, 3.05) is 6.61 Å². The first-order chi connectivity index (χ1) is 8.85. The van der Waals surface area contributed by atoms with Crippen molar-refractivity contribution in [1.82, 2.24) is 10.6 Å². The van der Waals surface area contributed by atoms with Gasteiger partial charge in [-0.1, -0.05) is 0 Å². The Morgan fingerprint density at radius 2 is 2.00 bits per heavy atom. The molecule has 106 valence electrons. The van der Waals surface area contributed by atoms with Crippen LogP contribution in [0, 0.1) is 13.8 Å². The highest BCUT2D eigenvalue weighted by Crippen LogP contribution is 2.25. The third-order valence-electron chi connectivity index (χ3n) is 2.68. The molecular weight excluding hydrogens is 268 g/mol. The Balaban J connectivity index is 2.62. The third-order valence-corrected chi connectivity index (χ3v) is 3.66. The molecule has 2 amide bonds. The van der Waals surface area contributed by atoms with Gasteiger partial charge in [0.05, 0.1) is 12.6 Å². The first-order valence-electron chi connectivity index (χ1n) is 5.82. The molecule has 7 heteroatoms. The number of hydrogen-bond donors (Lipinski definition) is 4. The van der Waals surface area contributed by atoms with Crippen LogP contribution in [0.3, 0.4) is 0 Å². The van der Waals surface area contributed by atoms with Crippen molar-refractivity contribution in [3.05, 3.63) is 21.4 Å². The summed E-state index contributed by atoms with van der Waals surface area (Å²) < 4.78 is 0. The van der Waals surface area contributed by atoms with Gasteiger partial charge >= 0.3 is 12.0 Å². The van der Waals surface area contributed by atoms with E-state index in [1.807, 2.05) is 26.8 Å². The highest BCUT2D eigenvalue weighted by Gasteiger charge is 2.20. The number of aliphatic hydroxyl groups is 1. The van der Waals surface area contributed by atoms with Gasteiger partial charge in [-0.2, -0.15) is 0 Å². The maximum absolute atomic E-state index is 11.6. The molecule has 0 bridgehead atoms. The van der Waals surface area contributed by atoms with Crippen LogP contribution < -0.4 is 10.6 Å². The van der Waals surface area contributed by atoms with Crippen LogP contribution in [0.1, 0.15) is 28.3 Å². The van der Waals surface area contributed by atoms with Crippen molar-refractivity contribution in [2.45, 2.75) is 32.9 Å². The number of hydrogen-bond acceptors (Lipinski definition) is 4. The molecule has 0 spiro atoms. The lowest BCUT2D eigenvalue weighted by atomic mass is 10.1. The number of amides is 2. The molecule has 0 fully saturated rings. The molecule has 2 atom stereocenters. The van der Waals surface area contributed by atoms with Gasteiger partial charge in [0.1, 0.15) is 0 Å². The zero-order valence-electron chi connectivity index (χ0n) is 11.1. The van der Waals surface area contributed by atoms with Gasteiger partial charge in [0.25, 0.3) is 0 Å². The third kappa shape index (κ3) is 4.22. The minimum atomic E-state index is -1.29. The van der Waals surface area contributed by atoms with E-state index < -0.39 is 24.6 Å². The summed E-state index contributed by atoms with van der Waals surface area (Å²) in [6.45, 7) is 5.13. The molecule has 6 nitrogen and oxygen atoms in total. The van der Waals surface area contributed by atoms with E-state index in [0.29, 0.717) is 0 Å². The van der Waals surface area contributed by atoms with Gasteiger partial charge in [-0.15, -0.1) is 11.3 Å². The number of carboxylic acids is 1. The van der Waals surface area contributed by atoms with Crippen LogP contribution in [0.25, 0.3) is 0 Å². The van der Waals surface area contributed by atoms with E-state index in [1.54, 1.807) is 11.3 Å². The Labute approximate surface area is 115 Å². The van der Waals surface area contributed by atoms with Crippen molar-refractivity contribution < 1.29 is 19.8 Å². The minimum absolute atomic E-state index is 0.224. The number of carbonyl (C=O) groups excluding carboxylic acids is 1. The van der Waals surface area contributed by atoms with Crippen LogP contribution in [0.5, 0.6) is 0 Å². The van der Waals surface area contributed by atoms with Crippen LogP contribution >= 0.6 is 11.3 Å². The topological polar surface area (TPSA) is 98.7 Å². The average molecular weight is 286 g/mol. The molecule has 4 N–H and O–H groups in total. The van der Waals surface area contributed by atoms with E-state index >= 15 is 0 Å². The molecule has 0 aromatic carbocycles. The highest BCUT2D eigenvalue weighted by molar-refractivity contribution is 7.12. The molecule has 0 saturated carbocycles. The van der Waals surface area contributed by atoms with Crippen molar-refractivity contribution in [3.63, 3.8) is 0 Å². The lowest BCUT2D eigenvalue weighted by molar-refractivity contribution is -0.140. The van der Waals surface area contributed by atoms with Crippen LogP contribution in [0.15, 0.2) is 6.07 Å². The largest absolute Gasteiger partial charge is 0.480 e. The van der Waals surface area contributed by atoms with Gasteiger partial charge < -0.3 is 20.8 Å². The van der Waals surface area contributed by atoms with E-state index in [0.717, 1.165) is 15.3 Å². The summed E-state index contributed by atoms with van der Waals surface area (Å²) in [5.41, 5.74) is 1.01. The fraction of sp³-hybridized carbons (Fsp3) is 0.500. The molecule has 1 aromatic rings. The van der Waals surface area contributed by atoms with E-state index in [9.17, 15) is 9.59 Å². The molecule has 0 saturated heterocycles. The Bertz CT molecular complexity index is 472. The normalized spacial score (nSPS) is 13.7. The molecular formula is C12H18N2O4S. The summed E-state index contributed by atoms with van der Waals surface area (Å²) in [5, 5.41) is 22.4. The molecule has 0 aliphatic heterocycles. The second-order valence-corrected chi connectivity index (χ2v) is 5.74. The Morgan fingerprint density at radius 1 is 1.37 bits per heavy atom. The van der Waals surface area contributed by atoms with Crippen LogP contribution in [-0.2, 0) is 4.79 Å². The molecule has 1 aromatic heterocycles. The van der Waals surface area contributed by atoms with Crippen molar-refractivity contribution in [2.24, 2.45) is 0 Å². The molecule has 1 heterocycles.